The number of nitrogens with zero attached hydrogens (tertiary/aromatic N) is 3. The molecule has 0 fully saturated rings. The largest absolute Gasteiger partial charge is 0.333 e. The van der Waals surface area contributed by atoms with E-state index in [1.54, 1.807) is 0 Å². The molecule has 1 heterocycles. The minimum absolute atomic E-state index is 0.308. The molecule has 1 aromatic heterocycles. The van der Waals surface area contributed by atoms with Crippen LogP contribution in [0.15, 0.2) is 231 Å². The standard InChI is InChI=1S/C54H41N3/c1-6-18-44(19-7-1)55(45-20-8-2-9-21-45)49-36-43(37-50(39-49)56(46-22-10-3-11-23-46)47-24-12-4-13-25-47)41-32-30-40(31-33-41)42-34-35-54-52(38-42)51-28-16-17-29-53(51)57(54)48-26-14-5-15-27-48/h1-26,28-39,48H,27H2. The van der Waals surface area contributed by atoms with Crippen molar-refractivity contribution >= 4 is 55.9 Å². The second-order valence-corrected chi connectivity index (χ2v) is 14.6. The third-order valence-corrected chi connectivity index (χ3v) is 11.0. The normalized spacial score (nSPS) is 13.6. The number of fused-ring (bicyclic) bond motifs is 3. The highest BCUT2D eigenvalue weighted by atomic mass is 15.2. The van der Waals surface area contributed by atoms with Crippen LogP contribution in [-0.2, 0) is 0 Å². The van der Waals surface area contributed by atoms with Crippen molar-refractivity contribution < 1.29 is 0 Å². The van der Waals surface area contributed by atoms with Gasteiger partial charge in [0.25, 0.3) is 0 Å². The van der Waals surface area contributed by atoms with Crippen molar-refractivity contribution in [2.45, 2.75) is 12.5 Å². The molecule has 9 aromatic rings. The second kappa shape index (κ2) is 15.1. The molecule has 0 saturated carbocycles. The lowest BCUT2D eigenvalue weighted by atomic mass is 9.97. The Morgan fingerprint density at radius 1 is 0.351 bits per heavy atom. The smallest absolute Gasteiger partial charge is 0.0560 e. The summed E-state index contributed by atoms with van der Waals surface area (Å²) >= 11 is 0. The van der Waals surface area contributed by atoms with Crippen molar-refractivity contribution in [3.05, 3.63) is 231 Å². The first kappa shape index (κ1) is 34.2. The van der Waals surface area contributed by atoms with Gasteiger partial charge in [-0.2, -0.15) is 0 Å². The number of hydrogen-bond acceptors (Lipinski definition) is 2. The van der Waals surface area contributed by atoms with Crippen LogP contribution in [0, 0.1) is 0 Å². The average Bonchev–Trinajstić information content (AvgIpc) is 3.62. The van der Waals surface area contributed by atoms with Crippen molar-refractivity contribution in [3.63, 3.8) is 0 Å². The van der Waals surface area contributed by atoms with Crippen molar-refractivity contribution in [1.82, 2.24) is 4.57 Å². The van der Waals surface area contributed by atoms with Gasteiger partial charge in [0.05, 0.1) is 6.04 Å². The van der Waals surface area contributed by atoms with Gasteiger partial charge in [-0.15, -0.1) is 0 Å². The highest BCUT2D eigenvalue weighted by Crippen LogP contribution is 2.43. The number of aromatic nitrogens is 1. The van der Waals surface area contributed by atoms with E-state index in [0.29, 0.717) is 6.04 Å². The van der Waals surface area contributed by atoms with E-state index in [2.05, 4.69) is 245 Å². The molecule has 0 radical (unpaired) electrons. The monoisotopic (exact) mass is 731 g/mol. The van der Waals surface area contributed by atoms with Gasteiger partial charge in [0, 0.05) is 55.9 Å². The summed E-state index contributed by atoms with van der Waals surface area (Å²) in [6.07, 6.45) is 9.90. The summed E-state index contributed by atoms with van der Waals surface area (Å²) in [6, 6.07) is 74.7. The number of allylic oxidation sites excluding steroid dienone is 4. The fraction of sp³-hybridized carbons (Fsp3) is 0.0370. The molecule has 1 unspecified atom stereocenters. The molecule has 1 aliphatic rings. The Bertz CT molecular complexity index is 2680. The molecule has 0 spiro atoms. The third-order valence-electron chi connectivity index (χ3n) is 11.0. The first-order valence-corrected chi connectivity index (χ1v) is 19.7. The summed E-state index contributed by atoms with van der Waals surface area (Å²) in [7, 11) is 0. The Kier molecular flexibility index (Phi) is 9.02. The molecule has 8 aromatic carbocycles. The molecule has 0 aliphatic heterocycles. The van der Waals surface area contributed by atoms with Crippen LogP contribution in [0.1, 0.15) is 12.5 Å². The number of benzene rings is 8. The van der Waals surface area contributed by atoms with Crippen LogP contribution in [-0.4, -0.2) is 4.57 Å². The quantitative estimate of drug-likeness (QED) is 0.146. The van der Waals surface area contributed by atoms with E-state index < -0.39 is 0 Å². The van der Waals surface area contributed by atoms with E-state index in [1.165, 1.54) is 32.9 Å². The molecule has 0 bridgehead atoms. The zero-order valence-electron chi connectivity index (χ0n) is 31.6. The summed E-state index contributed by atoms with van der Waals surface area (Å²) in [5.41, 5.74) is 13.8. The van der Waals surface area contributed by atoms with Gasteiger partial charge in [0.15, 0.2) is 0 Å². The lowest BCUT2D eigenvalue weighted by molar-refractivity contribution is 0.648. The van der Waals surface area contributed by atoms with Gasteiger partial charge < -0.3 is 14.4 Å². The maximum Gasteiger partial charge on any atom is 0.0560 e. The van der Waals surface area contributed by atoms with E-state index in [4.69, 9.17) is 0 Å². The van der Waals surface area contributed by atoms with Gasteiger partial charge >= 0.3 is 0 Å². The van der Waals surface area contributed by atoms with Crippen LogP contribution < -0.4 is 9.80 Å². The van der Waals surface area contributed by atoms with Crippen LogP contribution in [0.25, 0.3) is 44.1 Å². The van der Waals surface area contributed by atoms with Gasteiger partial charge in [-0.1, -0.05) is 146 Å². The number of para-hydroxylation sites is 5. The Morgan fingerprint density at radius 2 is 0.807 bits per heavy atom. The zero-order chi connectivity index (χ0) is 38.0. The molecule has 0 amide bonds. The molecule has 57 heavy (non-hydrogen) atoms. The van der Waals surface area contributed by atoms with E-state index in [1.807, 2.05) is 0 Å². The van der Waals surface area contributed by atoms with Crippen molar-refractivity contribution in [2.75, 3.05) is 9.80 Å². The summed E-state index contributed by atoms with van der Waals surface area (Å²) in [5, 5.41) is 2.58. The van der Waals surface area contributed by atoms with Crippen LogP contribution >= 0.6 is 0 Å². The summed E-state index contributed by atoms with van der Waals surface area (Å²) < 4.78 is 2.50. The fourth-order valence-corrected chi connectivity index (χ4v) is 8.38. The van der Waals surface area contributed by atoms with E-state index in [9.17, 15) is 0 Å². The fourth-order valence-electron chi connectivity index (χ4n) is 8.38. The minimum Gasteiger partial charge on any atom is -0.333 e. The summed E-state index contributed by atoms with van der Waals surface area (Å²) in [6.45, 7) is 0. The van der Waals surface area contributed by atoms with Gasteiger partial charge in [0.1, 0.15) is 0 Å². The zero-order valence-corrected chi connectivity index (χ0v) is 31.6. The lowest BCUT2D eigenvalue weighted by Gasteiger charge is -2.30. The number of anilines is 6. The molecule has 272 valence electrons. The van der Waals surface area contributed by atoms with Gasteiger partial charge in [-0.05, 0) is 114 Å². The van der Waals surface area contributed by atoms with Crippen molar-refractivity contribution in [1.29, 1.82) is 0 Å². The minimum atomic E-state index is 0.308. The Balaban J connectivity index is 1.10. The molecular weight excluding hydrogens is 691 g/mol. The lowest BCUT2D eigenvalue weighted by Crippen LogP contribution is -2.13. The van der Waals surface area contributed by atoms with Crippen molar-refractivity contribution in [3.8, 4) is 22.3 Å². The molecule has 1 atom stereocenters. The SMILES string of the molecule is C1=CCC(n2c3ccccc3c3cc(-c4ccc(-c5cc(N(c6ccccc6)c6ccccc6)cc(N(c6ccccc6)c6ccccc6)c5)cc4)ccc32)C=C1. The third kappa shape index (κ3) is 6.60. The molecule has 3 heteroatoms. The molecule has 0 saturated heterocycles. The van der Waals surface area contributed by atoms with Crippen LogP contribution in [0.5, 0.6) is 0 Å². The average molecular weight is 732 g/mol. The molecule has 3 nitrogen and oxygen atoms in total. The predicted octanol–water partition coefficient (Wildman–Crippen LogP) is 15.1. The van der Waals surface area contributed by atoms with Crippen LogP contribution in [0.3, 0.4) is 0 Å². The molecule has 1 aliphatic carbocycles. The Hall–Kier alpha value is -7.36. The second-order valence-electron chi connectivity index (χ2n) is 14.6. The summed E-state index contributed by atoms with van der Waals surface area (Å²) in [4.78, 5) is 4.70. The van der Waals surface area contributed by atoms with Crippen LogP contribution in [0.4, 0.5) is 34.1 Å². The van der Waals surface area contributed by atoms with Crippen molar-refractivity contribution in [2.24, 2.45) is 0 Å². The van der Waals surface area contributed by atoms with Gasteiger partial charge in [-0.25, -0.2) is 0 Å². The molecular formula is C54H41N3. The van der Waals surface area contributed by atoms with E-state index >= 15 is 0 Å². The Morgan fingerprint density at radius 3 is 1.32 bits per heavy atom. The van der Waals surface area contributed by atoms with Crippen LogP contribution in [0.2, 0.25) is 0 Å². The van der Waals surface area contributed by atoms with E-state index in [0.717, 1.165) is 51.7 Å². The van der Waals surface area contributed by atoms with Gasteiger partial charge in [0.2, 0.25) is 0 Å². The predicted molar refractivity (Wildman–Crippen MR) is 242 cm³/mol. The number of rotatable bonds is 9. The highest BCUT2D eigenvalue weighted by Gasteiger charge is 2.20. The molecule has 10 rings (SSSR count). The maximum atomic E-state index is 2.50. The van der Waals surface area contributed by atoms with E-state index in [-0.39, 0.29) is 0 Å². The highest BCUT2D eigenvalue weighted by molar-refractivity contribution is 6.09. The van der Waals surface area contributed by atoms with Gasteiger partial charge in [-0.3, -0.25) is 0 Å². The first-order valence-electron chi connectivity index (χ1n) is 19.7. The topological polar surface area (TPSA) is 11.4 Å². The first-order chi connectivity index (χ1) is 28.3. The molecule has 0 N–H and O–H groups in total. The summed E-state index contributed by atoms with van der Waals surface area (Å²) in [5.74, 6) is 0. The Labute approximate surface area is 334 Å². The number of hydrogen-bond donors (Lipinski definition) is 0. The maximum absolute atomic E-state index is 2.50.